The molecule has 0 amide bonds. The van der Waals surface area contributed by atoms with Crippen molar-refractivity contribution in [3.05, 3.63) is 59.8 Å². The van der Waals surface area contributed by atoms with E-state index in [9.17, 15) is 4.39 Å². The fraction of sp³-hybridized carbons (Fsp3) is 0.500. The Balaban J connectivity index is 0.00000240. The minimum Gasteiger partial charge on any atom is -0.469 e. The first-order valence-electron chi connectivity index (χ1n) is 10.1. The summed E-state index contributed by atoms with van der Waals surface area (Å²) in [6, 6.07) is 11.0. The average Bonchev–Trinajstić information content (AvgIpc) is 3.10. The number of guanidine groups is 1. The first-order valence-corrected chi connectivity index (χ1v) is 10.1. The van der Waals surface area contributed by atoms with Crippen LogP contribution in [0.15, 0.2) is 52.1 Å². The van der Waals surface area contributed by atoms with E-state index in [0.717, 1.165) is 69.3 Å². The van der Waals surface area contributed by atoms with E-state index in [1.165, 1.54) is 0 Å². The molecule has 0 radical (unpaired) electrons. The zero-order valence-corrected chi connectivity index (χ0v) is 18.9. The van der Waals surface area contributed by atoms with Crippen molar-refractivity contribution < 1.29 is 13.5 Å². The molecule has 1 aliphatic carbocycles. The highest BCUT2D eigenvalue weighted by atomic mass is 127. The number of halogens is 2. The van der Waals surface area contributed by atoms with Gasteiger partial charge in [-0.15, -0.1) is 24.0 Å². The zero-order valence-electron chi connectivity index (χ0n) is 16.5. The first kappa shape index (κ1) is 22.1. The largest absolute Gasteiger partial charge is 0.469 e. The lowest BCUT2D eigenvalue weighted by Crippen LogP contribution is -2.41. The summed E-state index contributed by atoms with van der Waals surface area (Å²) in [5, 5.41) is 6.84. The minimum atomic E-state index is -0.155. The van der Waals surface area contributed by atoms with Crippen LogP contribution in [0.5, 0.6) is 0 Å². The summed E-state index contributed by atoms with van der Waals surface area (Å²) in [5.74, 6) is 2.11. The second-order valence-electron chi connectivity index (χ2n) is 7.79. The summed E-state index contributed by atoms with van der Waals surface area (Å²) in [4.78, 5) is 4.81. The molecule has 1 aliphatic heterocycles. The maximum absolute atomic E-state index is 14.3. The standard InChI is InChI=1S/C22H28FN3O2.HI/c23-20-6-2-1-5-19(20)22(9-10-22)16-26-21(25-14-17-8-13-27-15-17)24-11-7-18-4-3-12-28-18;/h1-6,12,17H,7-11,13-16H2,(H2,24,25,26);1H. The quantitative estimate of drug-likeness (QED) is 0.320. The van der Waals surface area contributed by atoms with Crippen molar-refractivity contribution in [3.63, 3.8) is 0 Å². The van der Waals surface area contributed by atoms with Crippen LogP contribution in [0.4, 0.5) is 4.39 Å². The predicted molar refractivity (Wildman–Crippen MR) is 122 cm³/mol. The van der Waals surface area contributed by atoms with E-state index >= 15 is 0 Å². The predicted octanol–water partition coefficient (Wildman–Crippen LogP) is 3.88. The summed E-state index contributed by atoms with van der Waals surface area (Å²) < 4.78 is 25.1. The maximum atomic E-state index is 14.3. The van der Waals surface area contributed by atoms with Crippen molar-refractivity contribution in [2.75, 3.05) is 32.8 Å². The SMILES string of the molecule is Fc1ccccc1C1(CN=C(NCCc2ccco2)NCC2CCOC2)CC1.I. The molecular formula is C22H29FIN3O2. The molecule has 1 saturated carbocycles. The molecule has 2 aromatic rings. The zero-order chi connectivity index (χ0) is 19.2. The molecule has 29 heavy (non-hydrogen) atoms. The van der Waals surface area contributed by atoms with Gasteiger partial charge in [-0.2, -0.15) is 0 Å². The molecule has 7 heteroatoms. The molecule has 5 nitrogen and oxygen atoms in total. The van der Waals surface area contributed by atoms with Gasteiger partial charge < -0.3 is 19.8 Å². The molecule has 1 aromatic carbocycles. The van der Waals surface area contributed by atoms with E-state index in [1.807, 2.05) is 24.3 Å². The van der Waals surface area contributed by atoms with Gasteiger partial charge in [0.25, 0.3) is 0 Å². The molecule has 1 saturated heterocycles. The number of ether oxygens (including phenoxy) is 1. The molecular weight excluding hydrogens is 484 g/mol. The Hall–Kier alpha value is -1.61. The minimum absolute atomic E-state index is 0. The van der Waals surface area contributed by atoms with Gasteiger partial charge in [-0.3, -0.25) is 4.99 Å². The second-order valence-corrected chi connectivity index (χ2v) is 7.79. The van der Waals surface area contributed by atoms with Crippen molar-refractivity contribution in [2.24, 2.45) is 10.9 Å². The Morgan fingerprint density at radius 2 is 2.03 bits per heavy atom. The van der Waals surface area contributed by atoms with Crippen LogP contribution in [0.1, 0.15) is 30.6 Å². The van der Waals surface area contributed by atoms with Gasteiger partial charge in [0, 0.05) is 37.5 Å². The molecule has 1 unspecified atom stereocenters. The van der Waals surface area contributed by atoms with Crippen LogP contribution in [0.3, 0.4) is 0 Å². The molecule has 2 heterocycles. The Labute approximate surface area is 188 Å². The van der Waals surface area contributed by atoms with E-state index in [1.54, 1.807) is 18.4 Å². The number of nitrogens with one attached hydrogen (secondary N) is 2. The third-order valence-corrected chi connectivity index (χ3v) is 5.66. The maximum Gasteiger partial charge on any atom is 0.191 e. The van der Waals surface area contributed by atoms with Gasteiger partial charge in [-0.05, 0) is 43.0 Å². The van der Waals surface area contributed by atoms with Crippen LogP contribution < -0.4 is 10.6 Å². The van der Waals surface area contributed by atoms with Crippen LogP contribution in [0.25, 0.3) is 0 Å². The molecule has 2 fully saturated rings. The first-order chi connectivity index (χ1) is 13.8. The van der Waals surface area contributed by atoms with Gasteiger partial charge >= 0.3 is 0 Å². The third kappa shape index (κ3) is 5.94. The Kier molecular flexibility index (Phi) is 7.94. The Morgan fingerprint density at radius 3 is 2.72 bits per heavy atom. The van der Waals surface area contributed by atoms with Crippen LogP contribution in [-0.2, 0) is 16.6 Å². The molecule has 1 atom stereocenters. The molecule has 158 valence electrons. The highest BCUT2D eigenvalue weighted by Crippen LogP contribution is 2.49. The lowest BCUT2D eigenvalue weighted by molar-refractivity contribution is 0.186. The fourth-order valence-corrected chi connectivity index (χ4v) is 3.70. The molecule has 1 aromatic heterocycles. The topological polar surface area (TPSA) is 58.8 Å². The highest BCUT2D eigenvalue weighted by Gasteiger charge is 2.45. The van der Waals surface area contributed by atoms with Crippen LogP contribution in [0, 0.1) is 11.7 Å². The number of hydrogen-bond donors (Lipinski definition) is 2. The number of benzene rings is 1. The average molecular weight is 513 g/mol. The second kappa shape index (κ2) is 10.4. The summed E-state index contributed by atoms with van der Waals surface area (Å²) in [7, 11) is 0. The fourth-order valence-electron chi connectivity index (χ4n) is 3.70. The Morgan fingerprint density at radius 1 is 1.17 bits per heavy atom. The van der Waals surface area contributed by atoms with E-state index in [-0.39, 0.29) is 35.2 Å². The Bertz CT molecular complexity index is 787. The number of aliphatic imine (C=N–C) groups is 1. The van der Waals surface area contributed by atoms with Gasteiger partial charge in [-0.1, -0.05) is 18.2 Å². The summed E-state index contributed by atoms with van der Waals surface area (Å²) in [5.41, 5.74) is 0.634. The number of hydrogen-bond acceptors (Lipinski definition) is 3. The number of rotatable bonds is 8. The van der Waals surface area contributed by atoms with Gasteiger partial charge in [0.2, 0.25) is 0 Å². The monoisotopic (exact) mass is 513 g/mol. The molecule has 2 aliphatic rings. The van der Waals surface area contributed by atoms with Crippen molar-refractivity contribution in [1.29, 1.82) is 0 Å². The van der Waals surface area contributed by atoms with Gasteiger partial charge in [0.15, 0.2) is 5.96 Å². The molecule has 0 spiro atoms. The van der Waals surface area contributed by atoms with Crippen LogP contribution in [-0.4, -0.2) is 38.8 Å². The lowest BCUT2D eigenvalue weighted by Gasteiger charge is -2.18. The molecule has 4 rings (SSSR count). The number of nitrogens with zero attached hydrogens (tertiary/aromatic N) is 1. The van der Waals surface area contributed by atoms with E-state index in [4.69, 9.17) is 14.1 Å². The van der Waals surface area contributed by atoms with Crippen molar-refractivity contribution in [1.82, 2.24) is 10.6 Å². The van der Waals surface area contributed by atoms with Crippen molar-refractivity contribution in [3.8, 4) is 0 Å². The summed E-state index contributed by atoms with van der Waals surface area (Å²) >= 11 is 0. The molecule has 2 N–H and O–H groups in total. The van der Waals surface area contributed by atoms with E-state index in [0.29, 0.717) is 12.5 Å². The third-order valence-electron chi connectivity index (χ3n) is 5.66. The van der Waals surface area contributed by atoms with E-state index in [2.05, 4.69) is 10.6 Å². The smallest absolute Gasteiger partial charge is 0.191 e. The van der Waals surface area contributed by atoms with Crippen LogP contribution in [0.2, 0.25) is 0 Å². The van der Waals surface area contributed by atoms with Gasteiger partial charge in [0.1, 0.15) is 11.6 Å². The van der Waals surface area contributed by atoms with Crippen molar-refractivity contribution >= 4 is 29.9 Å². The van der Waals surface area contributed by atoms with Gasteiger partial charge in [0.05, 0.1) is 19.4 Å². The molecule has 0 bridgehead atoms. The van der Waals surface area contributed by atoms with Crippen molar-refractivity contribution in [2.45, 2.75) is 31.1 Å². The summed E-state index contributed by atoms with van der Waals surface area (Å²) in [6.45, 7) is 3.78. The van der Waals surface area contributed by atoms with Gasteiger partial charge in [-0.25, -0.2) is 4.39 Å². The van der Waals surface area contributed by atoms with E-state index < -0.39 is 0 Å². The number of furan rings is 1. The summed E-state index contributed by atoms with van der Waals surface area (Å²) in [6.07, 6.45) is 5.51. The van der Waals surface area contributed by atoms with Crippen LogP contribution >= 0.6 is 24.0 Å². The lowest BCUT2D eigenvalue weighted by atomic mass is 9.95. The highest BCUT2D eigenvalue weighted by molar-refractivity contribution is 14.0. The normalized spacial score (nSPS) is 20.2.